The zero-order valence-corrected chi connectivity index (χ0v) is 12.9. The lowest BCUT2D eigenvalue weighted by molar-refractivity contribution is 0.322. The van der Waals surface area contributed by atoms with Gasteiger partial charge in [0.05, 0.1) is 17.9 Å². The number of aliphatic imine (C=N–C) groups is 1. The molecule has 1 aromatic heterocycles. The number of fused-ring (bicyclic) bond motifs is 4. The van der Waals surface area contributed by atoms with Crippen LogP contribution in [0, 0.1) is 0 Å². The fourth-order valence-corrected chi connectivity index (χ4v) is 3.24. The molecule has 6 nitrogen and oxygen atoms in total. The maximum Gasteiger partial charge on any atom is 0.204 e. The van der Waals surface area contributed by atoms with Gasteiger partial charge in [-0.05, 0) is 12.1 Å². The number of aromatic nitrogens is 2. The molecule has 0 fully saturated rings. The maximum atomic E-state index is 6.04. The van der Waals surface area contributed by atoms with Crippen molar-refractivity contribution >= 4 is 34.2 Å². The quantitative estimate of drug-likeness (QED) is 0.844. The molecule has 0 saturated heterocycles. The SMILES string of the molecule is Nc1nc(C2=CCC3=Nc4ccccc4C3=C2)nc2c1OCCN2. The van der Waals surface area contributed by atoms with Crippen LogP contribution in [0.1, 0.15) is 17.8 Å². The van der Waals surface area contributed by atoms with Gasteiger partial charge >= 0.3 is 0 Å². The second kappa shape index (κ2) is 4.92. The smallest absolute Gasteiger partial charge is 0.204 e. The van der Waals surface area contributed by atoms with Crippen molar-refractivity contribution in [2.24, 2.45) is 4.99 Å². The number of nitrogens with zero attached hydrogens (tertiary/aromatic N) is 3. The number of nitrogens with two attached hydrogens (primary N) is 1. The Morgan fingerprint density at radius 2 is 2.08 bits per heavy atom. The van der Waals surface area contributed by atoms with Gasteiger partial charge in [-0.2, -0.15) is 0 Å². The van der Waals surface area contributed by atoms with Gasteiger partial charge in [0.25, 0.3) is 0 Å². The molecule has 0 unspecified atom stereocenters. The summed E-state index contributed by atoms with van der Waals surface area (Å²) in [5.74, 6) is 2.19. The Kier molecular flexibility index (Phi) is 2.73. The number of hydrogen-bond acceptors (Lipinski definition) is 6. The zero-order valence-electron chi connectivity index (χ0n) is 12.9. The molecule has 3 heterocycles. The molecule has 24 heavy (non-hydrogen) atoms. The number of rotatable bonds is 1. The summed E-state index contributed by atoms with van der Waals surface area (Å²) in [4.78, 5) is 13.7. The first-order chi connectivity index (χ1) is 11.8. The van der Waals surface area contributed by atoms with E-state index in [9.17, 15) is 0 Å². The van der Waals surface area contributed by atoms with E-state index in [2.05, 4.69) is 33.5 Å². The summed E-state index contributed by atoms with van der Waals surface area (Å²) in [6.07, 6.45) is 4.96. The summed E-state index contributed by atoms with van der Waals surface area (Å²) < 4.78 is 5.55. The molecule has 3 N–H and O–H groups in total. The Bertz CT molecular complexity index is 958. The number of benzene rings is 1. The van der Waals surface area contributed by atoms with Crippen LogP contribution in [0.2, 0.25) is 0 Å². The molecular formula is C18H15N5O. The van der Waals surface area contributed by atoms with Crippen molar-refractivity contribution < 1.29 is 4.74 Å². The molecule has 0 bridgehead atoms. The van der Waals surface area contributed by atoms with Gasteiger partial charge in [0.15, 0.2) is 17.5 Å². The summed E-state index contributed by atoms with van der Waals surface area (Å²) in [6, 6.07) is 8.17. The van der Waals surface area contributed by atoms with E-state index in [4.69, 9.17) is 15.5 Å². The molecule has 5 rings (SSSR count). The minimum absolute atomic E-state index is 0.368. The van der Waals surface area contributed by atoms with Crippen LogP contribution >= 0.6 is 0 Å². The number of nitrogens with one attached hydrogen (secondary N) is 1. The third kappa shape index (κ3) is 1.93. The standard InChI is InChI=1S/C18H15N5O/c19-16-15-18(20-7-8-24-15)23-17(22-16)10-5-6-14-12(9-10)11-3-1-2-4-13(11)21-14/h1-5,9H,6-8H2,(H3,19,20,22,23). The van der Waals surface area contributed by atoms with E-state index >= 15 is 0 Å². The predicted molar refractivity (Wildman–Crippen MR) is 94.5 cm³/mol. The highest BCUT2D eigenvalue weighted by Crippen LogP contribution is 2.40. The van der Waals surface area contributed by atoms with Gasteiger partial charge in [-0.3, -0.25) is 4.99 Å². The van der Waals surface area contributed by atoms with Gasteiger partial charge in [0, 0.05) is 23.1 Å². The Morgan fingerprint density at radius 3 is 3.04 bits per heavy atom. The van der Waals surface area contributed by atoms with E-state index in [0.717, 1.165) is 34.5 Å². The van der Waals surface area contributed by atoms with Crippen molar-refractivity contribution in [2.75, 3.05) is 24.2 Å². The van der Waals surface area contributed by atoms with Crippen LogP contribution in [-0.4, -0.2) is 28.8 Å². The molecule has 6 heteroatoms. The molecule has 0 radical (unpaired) electrons. The molecule has 118 valence electrons. The third-order valence-corrected chi connectivity index (χ3v) is 4.37. The highest BCUT2D eigenvalue weighted by Gasteiger charge is 2.25. The fraction of sp³-hybridized carbons (Fsp3) is 0.167. The van der Waals surface area contributed by atoms with Crippen LogP contribution in [0.15, 0.2) is 41.4 Å². The van der Waals surface area contributed by atoms with Crippen molar-refractivity contribution in [3.8, 4) is 5.75 Å². The summed E-state index contributed by atoms with van der Waals surface area (Å²) in [7, 11) is 0. The normalized spacial score (nSPS) is 17.4. The number of hydrogen-bond donors (Lipinski definition) is 2. The van der Waals surface area contributed by atoms with Crippen LogP contribution in [0.3, 0.4) is 0 Å². The van der Waals surface area contributed by atoms with Crippen LogP contribution in [-0.2, 0) is 0 Å². The average molecular weight is 317 g/mol. The molecule has 0 amide bonds. The molecule has 0 saturated carbocycles. The molecule has 0 spiro atoms. The molecule has 0 atom stereocenters. The molecule has 3 aliphatic rings. The van der Waals surface area contributed by atoms with E-state index in [1.54, 1.807) is 0 Å². The van der Waals surface area contributed by atoms with Gasteiger partial charge in [-0.1, -0.05) is 24.3 Å². The Morgan fingerprint density at radius 1 is 1.17 bits per heavy atom. The summed E-state index contributed by atoms with van der Waals surface area (Å²) in [6.45, 7) is 1.29. The highest BCUT2D eigenvalue weighted by atomic mass is 16.5. The second-order valence-electron chi connectivity index (χ2n) is 5.88. The maximum absolute atomic E-state index is 6.04. The number of ether oxygens (including phenoxy) is 1. The summed E-state index contributed by atoms with van der Waals surface area (Å²) in [5.41, 5.74) is 11.4. The number of nitrogen functional groups attached to an aromatic ring is 1. The number of para-hydroxylation sites is 1. The molecule has 2 aromatic rings. The lowest BCUT2D eigenvalue weighted by atomic mass is 9.93. The Balaban J connectivity index is 1.59. The van der Waals surface area contributed by atoms with Crippen LogP contribution in [0.5, 0.6) is 5.75 Å². The second-order valence-corrected chi connectivity index (χ2v) is 5.88. The van der Waals surface area contributed by atoms with Gasteiger partial charge in [-0.25, -0.2) is 9.97 Å². The third-order valence-electron chi connectivity index (χ3n) is 4.37. The first-order valence-electron chi connectivity index (χ1n) is 7.93. The summed E-state index contributed by atoms with van der Waals surface area (Å²) in [5, 5.41) is 3.22. The van der Waals surface area contributed by atoms with E-state index in [1.807, 2.05) is 18.2 Å². The zero-order chi connectivity index (χ0) is 16.1. The van der Waals surface area contributed by atoms with Crippen LogP contribution < -0.4 is 15.8 Å². The van der Waals surface area contributed by atoms with Crippen LogP contribution in [0.4, 0.5) is 17.3 Å². The molecule has 1 aliphatic carbocycles. The van der Waals surface area contributed by atoms with Gasteiger partial charge in [0.1, 0.15) is 6.61 Å². The fourth-order valence-electron chi connectivity index (χ4n) is 3.24. The van der Waals surface area contributed by atoms with Crippen molar-refractivity contribution in [3.63, 3.8) is 0 Å². The lowest BCUT2D eigenvalue weighted by Crippen LogP contribution is -2.21. The van der Waals surface area contributed by atoms with Crippen molar-refractivity contribution in [1.29, 1.82) is 0 Å². The minimum atomic E-state index is 0.368. The monoisotopic (exact) mass is 317 g/mol. The van der Waals surface area contributed by atoms with Gasteiger partial charge in [0.2, 0.25) is 5.75 Å². The predicted octanol–water partition coefficient (Wildman–Crippen LogP) is 2.82. The van der Waals surface area contributed by atoms with E-state index in [0.29, 0.717) is 36.4 Å². The minimum Gasteiger partial charge on any atom is -0.485 e. The summed E-state index contributed by atoms with van der Waals surface area (Å²) >= 11 is 0. The van der Waals surface area contributed by atoms with E-state index in [-0.39, 0.29) is 0 Å². The number of allylic oxidation sites excluding steroid dienone is 4. The Hall–Kier alpha value is -3.15. The van der Waals surface area contributed by atoms with Crippen molar-refractivity contribution in [2.45, 2.75) is 6.42 Å². The highest BCUT2D eigenvalue weighted by molar-refractivity contribution is 6.32. The van der Waals surface area contributed by atoms with E-state index < -0.39 is 0 Å². The molecule has 1 aromatic carbocycles. The largest absolute Gasteiger partial charge is 0.485 e. The van der Waals surface area contributed by atoms with Crippen LogP contribution in [0.25, 0.3) is 11.1 Å². The lowest BCUT2D eigenvalue weighted by Gasteiger charge is -2.20. The number of anilines is 2. The van der Waals surface area contributed by atoms with Gasteiger partial charge in [-0.15, -0.1) is 0 Å². The van der Waals surface area contributed by atoms with Crippen molar-refractivity contribution in [3.05, 3.63) is 47.8 Å². The Labute approximate surface area is 138 Å². The molecular weight excluding hydrogens is 302 g/mol. The van der Waals surface area contributed by atoms with E-state index in [1.165, 1.54) is 0 Å². The van der Waals surface area contributed by atoms with Crippen molar-refractivity contribution in [1.82, 2.24) is 9.97 Å². The van der Waals surface area contributed by atoms with Gasteiger partial charge < -0.3 is 15.8 Å². The first-order valence-corrected chi connectivity index (χ1v) is 7.93. The topological polar surface area (TPSA) is 85.4 Å². The molecule has 2 aliphatic heterocycles. The average Bonchev–Trinajstić information content (AvgIpc) is 2.99. The first kappa shape index (κ1) is 13.3.